The second kappa shape index (κ2) is 9.72. The topological polar surface area (TPSA) is 44.8 Å². The number of rotatable bonds is 6. The molecule has 0 aromatic heterocycles. The number of carbonyl (C=O) groups excluding carboxylic acids is 1. The molecule has 0 spiro atoms. The number of nitrogens with one attached hydrogen (secondary N) is 1. The minimum atomic E-state index is -0.354. The van der Waals surface area contributed by atoms with Gasteiger partial charge in [0.05, 0.1) is 5.56 Å². The molecule has 6 heteroatoms. The Morgan fingerprint density at radius 1 is 0.886 bits per heavy atom. The smallest absolute Gasteiger partial charge is 0.262 e. The molecule has 1 unspecified atom stereocenters. The van der Waals surface area contributed by atoms with E-state index in [4.69, 9.17) is 16.3 Å². The lowest BCUT2D eigenvalue weighted by atomic mass is 10.0. The zero-order valence-electron chi connectivity index (χ0n) is 19.6. The Hall–Kier alpha value is -3.96. The predicted octanol–water partition coefficient (Wildman–Crippen LogP) is 6.76. The first kappa shape index (κ1) is 22.8. The minimum absolute atomic E-state index is 0.0370. The van der Waals surface area contributed by atoms with E-state index in [9.17, 15) is 4.79 Å². The van der Waals surface area contributed by atoms with E-state index < -0.39 is 0 Å². The van der Waals surface area contributed by atoms with Crippen molar-refractivity contribution in [1.29, 1.82) is 0 Å². The molecule has 4 aromatic carbocycles. The standard InChI is InChI=1S/C29H26ClN3O2/c1-32(2)23-13-15-24(16-14-23)33-28(31-27-6-4-3-5-26(27)29(33)34)21-9-17-25(18-10-21)35-19-20-7-11-22(30)12-8-20/h3-18,28,31H,19H2,1-2H3. The lowest BCUT2D eigenvalue weighted by Gasteiger charge is -2.38. The summed E-state index contributed by atoms with van der Waals surface area (Å²) in [6.07, 6.45) is -0.354. The Kier molecular flexibility index (Phi) is 6.34. The number of halogens is 1. The summed E-state index contributed by atoms with van der Waals surface area (Å²) in [7, 11) is 4.00. The van der Waals surface area contributed by atoms with Crippen LogP contribution in [0.3, 0.4) is 0 Å². The third-order valence-corrected chi connectivity index (χ3v) is 6.34. The van der Waals surface area contributed by atoms with Crippen molar-refractivity contribution in [3.8, 4) is 5.75 Å². The van der Waals surface area contributed by atoms with Gasteiger partial charge in [-0.2, -0.15) is 0 Å². The van der Waals surface area contributed by atoms with E-state index in [1.807, 2.05) is 121 Å². The van der Waals surface area contributed by atoms with Gasteiger partial charge in [0.2, 0.25) is 0 Å². The van der Waals surface area contributed by atoms with Crippen molar-refractivity contribution < 1.29 is 9.53 Å². The van der Waals surface area contributed by atoms with Gasteiger partial charge in [-0.05, 0) is 71.8 Å². The van der Waals surface area contributed by atoms with Crippen molar-refractivity contribution in [3.05, 3.63) is 119 Å². The highest BCUT2D eigenvalue weighted by Crippen LogP contribution is 2.37. The number of anilines is 3. The van der Waals surface area contributed by atoms with Crippen LogP contribution in [-0.2, 0) is 6.61 Å². The molecule has 0 aliphatic carbocycles. The fraction of sp³-hybridized carbons (Fsp3) is 0.138. The maximum Gasteiger partial charge on any atom is 0.262 e. The Balaban J connectivity index is 1.42. The molecule has 0 radical (unpaired) electrons. The van der Waals surface area contributed by atoms with Crippen molar-refractivity contribution in [2.75, 3.05) is 29.2 Å². The molecule has 1 heterocycles. The second-order valence-corrected chi connectivity index (χ2v) is 9.10. The molecule has 1 N–H and O–H groups in total. The Morgan fingerprint density at radius 3 is 2.26 bits per heavy atom. The van der Waals surface area contributed by atoms with Gasteiger partial charge >= 0.3 is 0 Å². The molecule has 5 nitrogen and oxygen atoms in total. The van der Waals surface area contributed by atoms with Gasteiger partial charge in [0.25, 0.3) is 5.91 Å². The van der Waals surface area contributed by atoms with Gasteiger partial charge in [-0.3, -0.25) is 9.69 Å². The number of hydrogen-bond donors (Lipinski definition) is 1. The highest BCUT2D eigenvalue weighted by Gasteiger charge is 2.34. The molecule has 1 aliphatic rings. The van der Waals surface area contributed by atoms with Crippen LogP contribution in [0, 0.1) is 0 Å². The average Bonchev–Trinajstić information content (AvgIpc) is 2.89. The molecule has 0 saturated heterocycles. The van der Waals surface area contributed by atoms with Crippen molar-refractivity contribution in [1.82, 2.24) is 0 Å². The van der Waals surface area contributed by atoms with Gasteiger partial charge < -0.3 is 15.0 Å². The number of nitrogens with zero attached hydrogens (tertiary/aromatic N) is 2. The summed E-state index contributed by atoms with van der Waals surface area (Å²) in [5.41, 5.74) is 5.39. The van der Waals surface area contributed by atoms with Crippen molar-refractivity contribution in [3.63, 3.8) is 0 Å². The van der Waals surface area contributed by atoms with Gasteiger partial charge in [0, 0.05) is 36.2 Å². The van der Waals surface area contributed by atoms with E-state index in [0.29, 0.717) is 17.2 Å². The average molecular weight is 484 g/mol. The Labute approximate surface area is 210 Å². The van der Waals surface area contributed by atoms with Gasteiger partial charge in [0.15, 0.2) is 0 Å². The molecule has 5 rings (SSSR count). The molecule has 0 bridgehead atoms. The normalized spacial score (nSPS) is 14.8. The highest BCUT2D eigenvalue weighted by molar-refractivity contribution is 6.30. The molecule has 0 saturated carbocycles. The molecular formula is C29H26ClN3O2. The van der Waals surface area contributed by atoms with E-state index in [1.54, 1.807) is 0 Å². The number of fused-ring (bicyclic) bond motifs is 1. The monoisotopic (exact) mass is 483 g/mol. The number of amides is 1. The molecule has 1 atom stereocenters. The first-order chi connectivity index (χ1) is 17.0. The zero-order chi connectivity index (χ0) is 24.4. The molecule has 4 aromatic rings. The van der Waals surface area contributed by atoms with Crippen LogP contribution in [0.5, 0.6) is 5.75 Å². The van der Waals surface area contributed by atoms with E-state index >= 15 is 0 Å². The van der Waals surface area contributed by atoms with Crippen LogP contribution < -0.4 is 19.9 Å². The van der Waals surface area contributed by atoms with Crippen molar-refractivity contribution in [2.45, 2.75) is 12.8 Å². The summed E-state index contributed by atoms with van der Waals surface area (Å²) in [4.78, 5) is 17.5. The molecule has 35 heavy (non-hydrogen) atoms. The Morgan fingerprint density at radius 2 is 1.57 bits per heavy atom. The predicted molar refractivity (Wildman–Crippen MR) is 143 cm³/mol. The Bertz CT molecular complexity index is 1320. The summed E-state index contributed by atoms with van der Waals surface area (Å²) in [5, 5.41) is 4.26. The van der Waals surface area contributed by atoms with Crippen LogP contribution in [-0.4, -0.2) is 20.0 Å². The van der Waals surface area contributed by atoms with E-state index in [1.165, 1.54) is 0 Å². The van der Waals surface area contributed by atoms with Gasteiger partial charge in [-0.25, -0.2) is 0 Å². The first-order valence-electron chi connectivity index (χ1n) is 11.4. The van der Waals surface area contributed by atoms with Crippen LogP contribution in [0.1, 0.15) is 27.7 Å². The number of benzene rings is 4. The quantitative estimate of drug-likeness (QED) is 0.329. The SMILES string of the molecule is CN(C)c1ccc(N2C(=O)c3ccccc3NC2c2ccc(OCc3ccc(Cl)cc3)cc2)cc1. The summed E-state index contributed by atoms with van der Waals surface area (Å²) in [6, 6.07) is 31.1. The molecular weight excluding hydrogens is 458 g/mol. The highest BCUT2D eigenvalue weighted by atomic mass is 35.5. The summed E-state index contributed by atoms with van der Waals surface area (Å²) in [6.45, 7) is 0.453. The van der Waals surface area contributed by atoms with Crippen LogP contribution in [0.15, 0.2) is 97.1 Å². The summed E-state index contributed by atoms with van der Waals surface area (Å²) in [5.74, 6) is 0.720. The minimum Gasteiger partial charge on any atom is -0.489 e. The van der Waals surface area contributed by atoms with Gasteiger partial charge in [-0.1, -0.05) is 48.0 Å². The van der Waals surface area contributed by atoms with Crippen LogP contribution in [0.4, 0.5) is 17.1 Å². The molecule has 176 valence electrons. The fourth-order valence-electron chi connectivity index (χ4n) is 4.16. The zero-order valence-corrected chi connectivity index (χ0v) is 20.4. The lowest BCUT2D eigenvalue weighted by Crippen LogP contribution is -2.43. The van der Waals surface area contributed by atoms with Crippen LogP contribution in [0.2, 0.25) is 5.02 Å². The van der Waals surface area contributed by atoms with Crippen LogP contribution >= 0.6 is 11.6 Å². The molecule has 0 fully saturated rings. The van der Waals surface area contributed by atoms with E-state index in [2.05, 4.69) is 5.32 Å². The number of carbonyl (C=O) groups is 1. The maximum absolute atomic E-state index is 13.6. The number of para-hydroxylation sites is 1. The van der Waals surface area contributed by atoms with Crippen molar-refractivity contribution >= 4 is 34.6 Å². The van der Waals surface area contributed by atoms with Crippen molar-refractivity contribution in [2.24, 2.45) is 0 Å². The maximum atomic E-state index is 13.6. The van der Waals surface area contributed by atoms with Gasteiger partial charge in [0.1, 0.15) is 18.5 Å². The van der Waals surface area contributed by atoms with Gasteiger partial charge in [-0.15, -0.1) is 0 Å². The number of hydrogen-bond acceptors (Lipinski definition) is 4. The third-order valence-electron chi connectivity index (χ3n) is 6.09. The third kappa shape index (κ3) is 4.81. The van der Waals surface area contributed by atoms with E-state index in [-0.39, 0.29) is 12.1 Å². The largest absolute Gasteiger partial charge is 0.489 e. The summed E-state index contributed by atoms with van der Waals surface area (Å²) < 4.78 is 5.95. The van der Waals surface area contributed by atoms with E-state index in [0.717, 1.165) is 33.9 Å². The second-order valence-electron chi connectivity index (χ2n) is 8.66. The molecule has 1 amide bonds. The number of ether oxygens (including phenoxy) is 1. The van der Waals surface area contributed by atoms with Crippen LogP contribution in [0.25, 0.3) is 0 Å². The summed E-state index contributed by atoms with van der Waals surface area (Å²) >= 11 is 5.96. The lowest BCUT2D eigenvalue weighted by molar-refractivity contribution is 0.0975. The fourth-order valence-corrected chi connectivity index (χ4v) is 4.28. The first-order valence-corrected chi connectivity index (χ1v) is 11.8. The molecule has 1 aliphatic heterocycles.